The van der Waals surface area contributed by atoms with Crippen molar-refractivity contribution in [2.75, 3.05) is 13.2 Å². The summed E-state index contributed by atoms with van der Waals surface area (Å²) in [6.07, 6.45) is 0. The van der Waals surface area contributed by atoms with Crippen molar-refractivity contribution in [1.82, 2.24) is 0 Å². The lowest BCUT2D eigenvalue weighted by atomic mass is 10.2. The molecule has 0 amide bonds. The highest BCUT2D eigenvalue weighted by Crippen LogP contribution is 1.99. The Balaban J connectivity index is 2.98. The second-order valence-electron chi connectivity index (χ2n) is 1.88. The molecule has 0 aliphatic carbocycles. The number of aliphatic hydroxyl groups excluding tert-OH is 1. The van der Waals surface area contributed by atoms with Gasteiger partial charge >= 0.3 is 0 Å². The van der Waals surface area contributed by atoms with E-state index >= 15 is 0 Å². The largest absolute Gasteiger partial charge is 0.394 e. The number of hydrogen-bond acceptors (Lipinski definition) is 2. The molecule has 2 nitrogen and oxygen atoms in total. The normalized spacial score (nSPS) is 16.5. The van der Waals surface area contributed by atoms with E-state index in [0.717, 1.165) is 0 Å². The first-order valence-corrected chi connectivity index (χ1v) is 3.30. The molecule has 60 valence electrons. The fourth-order valence-corrected chi connectivity index (χ4v) is 0.587. The molecule has 0 radical (unpaired) electrons. The van der Waals surface area contributed by atoms with E-state index in [2.05, 4.69) is 0 Å². The highest BCUT2D eigenvalue weighted by molar-refractivity contribution is 5.13. The molecule has 1 N–H and O–H groups in total. The van der Waals surface area contributed by atoms with Crippen LogP contribution in [0.3, 0.4) is 0 Å². The van der Waals surface area contributed by atoms with Crippen LogP contribution in [0, 0.1) is 0 Å². The minimum absolute atomic E-state index is 0.00319. The first kappa shape index (κ1) is 4.24. The van der Waals surface area contributed by atoms with Gasteiger partial charge in [0.05, 0.1) is 25.3 Å². The van der Waals surface area contributed by atoms with Gasteiger partial charge < -0.3 is 9.84 Å². The summed E-state index contributed by atoms with van der Waals surface area (Å²) in [7, 11) is 0. The van der Waals surface area contributed by atoms with Crippen molar-refractivity contribution in [2.24, 2.45) is 0 Å². The van der Waals surface area contributed by atoms with Crippen LogP contribution in [-0.4, -0.2) is 18.3 Å². The molecule has 0 aliphatic heterocycles. The average Bonchev–Trinajstić information content (AvgIpc) is 2.19. The average molecular weight is 156 g/mol. The van der Waals surface area contributed by atoms with Crippen molar-refractivity contribution < 1.29 is 15.3 Å². The first-order chi connectivity index (χ1) is 6.99. The van der Waals surface area contributed by atoms with Crippen molar-refractivity contribution in [3.8, 4) is 0 Å². The van der Waals surface area contributed by atoms with Crippen LogP contribution < -0.4 is 0 Å². The van der Waals surface area contributed by atoms with Gasteiger partial charge in [0.1, 0.15) is 0 Å². The molecule has 0 atom stereocenters. The van der Waals surface area contributed by atoms with Gasteiger partial charge in [0.25, 0.3) is 0 Å². The minimum Gasteiger partial charge on any atom is -0.394 e. The summed E-state index contributed by atoms with van der Waals surface area (Å²) >= 11 is 0. The third-order valence-corrected chi connectivity index (χ3v) is 1.02. The fourth-order valence-electron chi connectivity index (χ4n) is 0.587. The SMILES string of the molecule is [2H]c1cccc(C([2H])([2H])OCCO)c1[2H]. The van der Waals surface area contributed by atoms with Crippen LogP contribution in [0.25, 0.3) is 0 Å². The van der Waals surface area contributed by atoms with Gasteiger partial charge in [-0.15, -0.1) is 0 Å². The summed E-state index contributed by atoms with van der Waals surface area (Å²) in [6, 6.07) is 4.06. The van der Waals surface area contributed by atoms with Crippen LogP contribution in [0.4, 0.5) is 0 Å². The Labute approximate surface area is 72.1 Å². The maximum absolute atomic E-state index is 8.52. The van der Waals surface area contributed by atoms with Gasteiger partial charge in [0, 0.05) is 0 Å². The molecule has 0 unspecified atom stereocenters. The molecule has 0 heterocycles. The van der Waals surface area contributed by atoms with E-state index in [1.807, 2.05) is 0 Å². The van der Waals surface area contributed by atoms with E-state index in [-0.39, 0.29) is 30.9 Å². The molecule has 11 heavy (non-hydrogen) atoms. The van der Waals surface area contributed by atoms with Crippen molar-refractivity contribution in [1.29, 1.82) is 0 Å². The molecule has 1 aromatic carbocycles. The smallest absolute Gasteiger partial charge is 0.0718 e. The van der Waals surface area contributed by atoms with Crippen LogP contribution in [0.2, 0.25) is 0 Å². The molecule has 1 aromatic rings. The summed E-state index contributed by atoms with van der Waals surface area (Å²) in [5.41, 5.74) is 0.00319. The molecule has 0 saturated heterocycles. The zero-order chi connectivity index (χ0) is 11.5. The van der Waals surface area contributed by atoms with Gasteiger partial charge in [0.15, 0.2) is 0 Å². The highest BCUT2D eigenvalue weighted by atomic mass is 16.5. The number of ether oxygens (including phenoxy) is 1. The van der Waals surface area contributed by atoms with E-state index in [0.29, 0.717) is 0 Å². The number of hydrogen-bond donors (Lipinski definition) is 1. The Bertz CT molecular complexity index is 341. The van der Waals surface area contributed by atoms with Crippen LogP contribution in [0.5, 0.6) is 0 Å². The Morgan fingerprint density at radius 2 is 2.55 bits per heavy atom. The van der Waals surface area contributed by atoms with Gasteiger partial charge in [0.2, 0.25) is 0 Å². The van der Waals surface area contributed by atoms with Crippen molar-refractivity contribution in [2.45, 2.75) is 6.56 Å². The summed E-state index contributed by atoms with van der Waals surface area (Å²) in [4.78, 5) is 0. The number of rotatable bonds is 4. The Hall–Kier alpha value is -0.860. The summed E-state index contributed by atoms with van der Waals surface area (Å²) in [5.74, 6) is 0. The number of aliphatic hydroxyl groups is 1. The highest BCUT2D eigenvalue weighted by Gasteiger charge is 1.88. The Kier molecular flexibility index (Phi) is 1.88. The van der Waals surface area contributed by atoms with Gasteiger partial charge in [-0.25, -0.2) is 0 Å². The predicted molar refractivity (Wildman–Crippen MR) is 43.2 cm³/mol. The van der Waals surface area contributed by atoms with Crippen LogP contribution in [0.1, 0.15) is 11.0 Å². The second-order valence-corrected chi connectivity index (χ2v) is 1.88. The van der Waals surface area contributed by atoms with Crippen LogP contribution in [0.15, 0.2) is 30.3 Å². The fraction of sp³-hybridized carbons (Fsp3) is 0.333. The molecule has 0 aliphatic rings. The Morgan fingerprint density at radius 1 is 1.64 bits per heavy atom. The first-order valence-electron chi connectivity index (χ1n) is 5.30. The van der Waals surface area contributed by atoms with Crippen LogP contribution in [-0.2, 0) is 11.3 Å². The molecular weight excluding hydrogens is 140 g/mol. The van der Waals surface area contributed by atoms with Crippen molar-refractivity contribution in [3.05, 3.63) is 35.8 Å². The quantitative estimate of drug-likeness (QED) is 0.709. The summed E-state index contributed by atoms with van der Waals surface area (Å²) in [5, 5.41) is 8.52. The van der Waals surface area contributed by atoms with Crippen molar-refractivity contribution in [3.63, 3.8) is 0 Å². The molecule has 0 spiro atoms. The predicted octanol–water partition coefficient (Wildman–Crippen LogP) is 1.20. The van der Waals surface area contributed by atoms with E-state index in [9.17, 15) is 0 Å². The Morgan fingerprint density at radius 3 is 3.36 bits per heavy atom. The topological polar surface area (TPSA) is 29.5 Å². The third kappa shape index (κ3) is 3.16. The van der Waals surface area contributed by atoms with Gasteiger partial charge in [-0.05, 0) is 5.56 Å². The molecule has 2 heteroatoms. The lowest BCUT2D eigenvalue weighted by Crippen LogP contribution is -1.98. The van der Waals surface area contributed by atoms with E-state index in [1.165, 1.54) is 18.2 Å². The van der Waals surface area contributed by atoms with E-state index < -0.39 is 6.56 Å². The van der Waals surface area contributed by atoms with Crippen LogP contribution >= 0.6 is 0 Å². The lowest BCUT2D eigenvalue weighted by molar-refractivity contribution is 0.0815. The molecular formula is C9H12O2. The van der Waals surface area contributed by atoms with Gasteiger partial charge in [-0.2, -0.15) is 0 Å². The molecule has 0 bridgehead atoms. The van der Waals surface area contributed by atoms with Gasteiger partial charge in [-0.3, -0.25) is 0 Å². The summed E-state index contributed by atoms with van der Waals surface area (Å²) < 4.78 is 34.7. The van der Waals surface area contributed by atoms with E-state index in [4.69, 9.17) is 15.3 Å². The summed E-state index contributed by atoms with van der Waals surface area (Å²) in [6.45, 7) is -2.57. The maximum Gasteiger partial charge on any atom is 0.0718 e. The zero-order valence-corrected chi connectivity index (χ0v) is 6.00. The lowest BCUT2D eigenvalue weighted by Gasteiger charge is -2.00. The number of benzene rings is 1. The zero-order valence-electron chi connectivity index (χ0n) is 10.0. The maximum atomic E-state index is 8.52. The van der Waals surface area contributed by atoms with Gasteiger partial charge in [-0.1, -0.05) is 30.3 Å². The molecule has 0 aromatic heterocycles. The monoisotopic (exact) mass is 156 g/mol. The van der Waals surface area contributed by atoms with Crippen molar-refractivity contribution >= 4 is 0 Å². The second kappa shape index (κ2) is 4.88. The molecule has 0 fully saturated rings. The molecule has 0 saturated carbocycles. The van der Waals surface area contributed by atoms with E-state index in [1.54, 1.807) is 0 Å². The molecule has 1 rings (SSSR count). The minimum atomic E-state index is -2.14. The standard InChI is InChI=1S/C9H12O2/c10-6-7-11-8-9-4-2-1-3-5-9/h1-5,10H,6-8H2/i2D,4D,8D2. The third-order valence-electron chi connectivity index (χ3n) is 1.02.